The summed E-state index contributed by atoms with van der Waals surface area (Å²) in [5, 5.41) is 12.1. The predicted octanol–water partition coefficient (Wildman–Crippen LogP) is 2.57. The summed E-state index contributed by atoms with van der Waals surface area (Å²) in [6.45, 7) is 3.04. The topological polar surface area (TPSA) is 131 Å². The molecular weight excluding hydrogens is 380 g/mol. The molecule has 1 aliphatic rings. The average molecular weight is 404 g/mol. The van der Waals surface area contributed by atoms with Gasteiger partial charge in [0, 0.05) is 30.6 Å². The highest BCUT2D eigenvalue weighted by atomic mass is 32.1. The van der Waals surface area contributed by atoms with E-state index in [1.807, 2.05) is 24.3 Å². The Balaban J connectivity index is 1.73. The second kappa shape index (κ2) is 9.05. The van der Waals surface area contributed by atoms with Gasteiger partial charge in [-0.05, 0) is 36.4 Å². The predicted molar refractivity (Wildman–Crippen MR) is 108 cm³/mol. The fourth-order valence-corrected chi connectivity index (χ4v) is 4.37. The van der Waals surface area contributed by atoms with Crippen LogP contribution in [-0.4, -0.2) is 41.8 Å². The molecule has 0 radical (unpaired) electrons. The van der Waals surface area contributed by atoms with E-state index in [0.717, 1.165) is 42.9 Å². The first kappa shape index (κ1) is 20.1. The van der Waals surface area contributed by atoms with Crippen molar-refractivity contribution in [2.24, 2.45) is 17.4 Å². The third-order valence-corrected chi connectivity index (χ3v) is 5.73. The van der Waals surface area contributed by atoms with E-state index in [0.29, 0.717) is 10.9 Å². The molecule has 1 unspecified atom stereocenters. The second-order valence-electron chi connectivity index (χ2n) is 6.84. The minimum Gasteiger partial charge on any atom is -0.407 e. The molecule has 3 amide bonds. The second-order valence-corrected chi connectivity index (χ2v) is 7.89. The van der Waals surface area contributed by atoms with Crippen molar-refractivity contribution in [3.8, 4) is 16.2 Å². The molecule has 150 valence electrons. The highest BCUT2D eigenvalue weighted by Gasteiger charge is 2.19. The molecule has 9 heteroatoms. The van der Waals surface area contributed by atoms with Gasteiger partial charge in [0.25, 0.3) is 0 Å². The van der Waals surface area contributed by atoms with Crippen LogP contribution in [0.4, 0.5) is 14.6 Å². The standard InChI is InChI=1S/C19H24N4O4S/c20-18(25)22-17-15(27-19(21)26)8-16(28-17)14-5-3-12(4-6-14)9-23-7-1-2-13(10-23)11-24/h3-6,8,13,24H,1-2,7,9-11H2,(H2,21,26)(H3,20,22,25). The van der Waals surface area contributed by atoms with Crippen molar-refractivity contribution in [3.63, 3.8) is 0 Å². The van der Waals surface area contributed by atoms with Crippen molar-refractivity contribution in [3.05, 3.63) is 35.9 Å². The maximum absolute atomic E-state index is 11.2. The van der Waals surface area contributed by atoms with E-state index in [1.54, 1.807) is 6.07 Å². The summed E-state index contributed by atoms with van der Waals surface area (Å²) in [5.41, 5.74) is 12.4. The van der Waals surface area contributed by atoms with E-state index in [-0.39, 0.29) is 12.4 Å². The number of aliphatic hydroxyl groups is 1. The number of primary amides is 2. The number of likely N-dealkylation sites (tertiary alicyclic amines) is 1. The van der Waals surface area contributed by atoms with Crippen molar-refractivity contribution in [1.29, 1.82) is 0 Å². The van der Waals surface area contributed by atoms with Crippen LogP contribution in [0.1, 0.15) is 18.4 Å². The number of aliphatic hydroxyl groups excluding tert-OH is 1. The summed E-state index contributed by atoms with van der Waals surface area (Å²) in [5.74, 6) is 0.526. The van der Waals surface area contributed by atoms with Crippen molar-refractivity contribution in [1.82, 2.24) is 4.90 Å². The largest absolute Gasteiger partial charge is 0.410 e. The minimum atomic E-state index is -0.963. The molecule has 1 aromatic heterocycles. The molecule has 6 N–H and O–H groups in total. The molecule has 1 aromatic carbocycles. The number of thiophene rings is 1. The van der Waals surface area contributed by atoms with Gasteiger partial charge in [-0.3, -0.25) is 10.2 Å². The van der Waals surface area contributed by atoms with E-state index in [2.05, 4.69) is 10.2 Å². The van der Waals surface area contributed by atoms with Gasteiger partial charge in [0.2, 0.25) is 0 Å². The van der Waals surface area contributed by atoms with Crippen LogP contribution in [0.5, 0.6) is 5.75 Å². The van der Waals surface area contributed by atoms with Crippen LogP contribution < -0.4 is 21.5 Å². The molecule has 1 aliphatic heterocycles. The summed E-state index contributed by atoms with van der Waals surface area (Å²) < 4.78 is 4.95. The van der Waals surface area contributed by atoms with Crippen molar-refractivity contribution < 1.29 is 19.4 Å². The molecule has 0 aliphatic carbocycles. The Morgan fingerprint density at radius 3 is 2.68 bits per heavy atom. The van der Waals surface area contributed by atoms with E-state index in [1.165, 1.54) is 16.9 Å². The van der Waals surface area contributed by atoms with Crippen molar-refractivity contribution in [2.45, 2.75) is 19.4 Å². The van der Waals surface area contributed by atoms with E-state index >= 15 is 0 Å². The molecule has 0 spiro atoms. The third kappa shape index (κ3) is 5.22. The Morgan fingerprint density at radius 2 is 2.04 bits per heavy atom. The lowest BCUT2D eigenvalue weighted by Gasteiger charge is -2.31. The Labute approximate surface area is 167 Å². The lowest BCUT2D eigenvalue weighted by atomic mass is 9.98. The zero-order chi connectivity index (χ0) is 20.1. The Kier molecular flexibility index (Phi) is 6.50. The van der Waals surface area contributed by atoms with Crippen LogP contribution in [0.15, 0.2) is 30.3 Å². The fraction of sp³-hybridized carbons (Fsp3) is 0.368. The number of ether oxygens (including phenoxy) is 1. The lowest BCUT2D eigenvalue weighted by molar-refractivity contribution is 0.116. The fourth-order valence-electron chi connectivity index (χ4n) is 3.38. The molecule has 8 nitrogen and oxygen atoms in total. The van der Waals surface area contributed by atoms with Gasteiger partial charge in [-0.15, -0.1) is 11.3 Å². The molecule has 0 saturated carbocycles. The molecule has 1 fully saturated rings. The number of carbonyl (C=O) groups is 2. The number of nitrogens with two attached hydrogens (primary N) is 2. The van der Waals surface area contributed by atoms with Gasteiger partial charge in [0.15, 0.2) is 5.75 Å². The van der Waals surface area contributed by atoms with Crippen molar-refractivity contribution in [2.75, 3.05) is 25.0 Å². The quantitative estimate of drug-likeness (QED) is 0.588. The number of amides is 3. The molecule has 1 saturated heterocycles. The molecule has 28 heavy (non-hydrogen) atoms. The Morgan fingerprint density at radius 1 is 1.29 bits per heavy atom. The monoisotopic (exact) mass is 404 g/mol. The molecule has 2 aromatic rings. The molecule has 2 heterocycles. The first-order valence-corrected chi connectivity index (χ1v) is 9.86. The van der Waals surface area contributed by atoms with Crippen molar-refractivity contribution >= 4 is 28.5 Å². The number of nitrogens with one attached hydrogen (secondary N) is 1. The Hall–Kier alpha value is -2.62. The summed E-state index contributed by atoms with van der Waals surface area (Å²) >= 11 is 1.24. The van der Waals surface area contributed by atoms with Gasteiger partial charge in [0.05, 0.1) is 0 Å². The van der Waals surface area contributed by atoms with Gasteiger partial charge < -0.3 is 21.3 Å². The van der Waals surface area contributed by atoms with Gasteiger partial charge in [-0.1, -0.05) is 24.3 Å². The average Bonchev–Trinajstić information content (AvgIpc) is 3.03. The van der Waals surface area contributed by atoms with Crippen LogP contribution >= 0.6 is 11.3 Å². The van der Waals surface area contributed by atoms with E-state index < -0.39 is 12.1 Å². The van der Waals surface area contributed by atoms with Crippen LogP contribution in [0.2, 0.25) is 0 Å². The number of hydrogen-bond donors (Lipinski definition) is 4. The number of urea groups is 1. The number of nitrogens with zero attached hydrogens (tertiary/aromatic N) is 1. The van der Waals surface area contributed by atoms with E-state index in [9.17, 15) is 14.7 Å². The van der Waals surface area contributed by atoms with Gasteiger partial charge in [0.1, 0.15) is 5.00 Å². The number of carbonyl (C=O) groups excluding carboxylic acids is 2. The summed E-state index contributed by atoms with van der Waals surface area (Å²) in [6, 6.07) is 8.96. The number of benzene rings is 1. The first-order chi connectivity index (χ1) is 13.4. The maximum atomic E-state index is 11.2. The molecular formula is C19H24N4O4S. The summed E-state index contributed by atoms with van der Waals surface area (Å²) in [4.78, 5) is 25.4. The maximum Gasteiger partial charge on any atom is 0.410 e. The highest BCUT2D eigenvalue weighted by Crippen LogP contribution is 2.40. The van der Waals surface area contributed by atoms with Gasteiger partial charge >= 0.3 is 12.1 Å². The number of piperidine rings is 1. The number of rotatable bonds is 6. The summed E-state index contributed by atoms with van der Waals surface area (Å²) in [6.07, 6.45) is 1.23. The third-order valence-electron chi connectivity index (χ3n) is 4.65. The van der Waals surface area contributed by atoms with Gasteiger partial charge in [-0.2, -0.15) is 0 Å². The highest BCUT2D eigenvalue weighted by molar-refractivity contribution is 7.20. The van der Waals surface area contributed by atoms with Crippen LogP contribution in [0.3, 0.4) is 0 Å². The molecule has 3 rings (SSSR count). The van der Waals surface area contributed by atoms with Crippen LogP contribution in [-0.2, 0) is 6.54 Å². The Bertz CT molecular complexity index is 803. The van der Waals surface area contributed by atoms with Crippen LogP contribution in [0, 0.1) is 5.92 Å². The number of hydrogen-bond acceptors (Lipinski definition) is 6. The first-order valence-electron chi connectivity index (χ1n) is 9.04. The normalized spacial score (nSPS) is 17.2. The zero-order valence-corrected chi connectivity index (χ0v) is 16.2. The SMILES string of the molecule is NC(=O)Nc1sc(-c2ccc(CN3CCCC(CO)C3)cc2)cc1OC(N)=O. The summed E-state index contributed by atoms with van der Waals surface area (Å²) in [7, 11) is 0. The number of anilines is 1. The minimum absolute atomic E-state index is 0.165. The smallest absolute Gasteiger partial charge is 0.407 e. The van der Waals surface area contributed by atoms with Gasteiger partial charge in [-0.25, -0.2) is 9.59 Å². The molecule has 0 bridgehead atoms. The lowest BCUT2D eigenvalue weighted by Crippen LogP contribution is -2.36. The van der Waals surface area contributed by atoms with E-state index in [4.69, 9.17) is 16.2 Å². The molecule has 1 atom stereocenters. The van der Waals surface area contributed by atoms with Crippen LogP contribution in [0.25, 0.3) is 10.4 Å². The zero-order valence-electron chi connectivity index (χ0n) is 15.4.